The predicted molar refractivity (Wildman–Crippen MR) is 79.2 cm³/mol. The maximum Gasteiger partial charge on any atom is 0.0406 e. The van der Waals surface area contributed by atoms with Crippen LogP contribution in [0.4, 0.5) is 0 Å². The molecular formula is C16H22ClN. The molecule has 0 radical (unpaired) electrons. The fraction of sp³-hybridized carbons (Fsp3) is 0.500. The summed E-state index contributed by atoms with van der Waals surface area (Å²) in [6.45, 7) is 12.3. The van der Waals surface area contributed by atoms with E-state index in [0.29, 0.717) is 11.8 Å². The highest BCUT2D eigenvalue weighted by molar-refractivity contribution is 6.30. The van der Waals surface area contributed by atoms with Crippen molar-refractivity contribution in [1.82, 2.24) is 4.90 Å². The van der Waals surface area contributed by atoms with Crippen LogP contribution in [0.5, 0.6) is 0 Å². The molecule has 98 valence electrons. The molecule has 1 aromatic carbocycles. The quantitative estimate of drug-likeness (QED) is 0.715. The third kappa shape index (κ3) is 3.15. The Morgan fingerprint density at radius 2 is 1.89 bits per heavy atom. The van der Waals surface area contributed by atoms with Gasteiger partial charge in [-0.05, 0) is 43.1 Å². The van der Waals surface area contributed by atoms with E-state index < -0.39 is 0 Å². The molecule has 0 aliphatic carbocycles. The molecule has 1 nitrogen and oxygen atoms in total. The largest absolute Gasteiger partial charge is 0.302 e. The lowest BCUT2D eigenvalue weighted by molar-refractivity contribution is 0.174. The zero-order chi connectivity index (χ0) is 13.1. The average Bonchev–Trinajstić information content (AvgIpc) is 2.29. The van der Waals surface area contributed by atoms with Gasteiger partial charge in [-0.3, -0.25) is 0 Å². The van der Waals surface area contributed by atoms with Crippen LogP contribution in [0.15, 0.2) is 36.4 Å². The van der Waals surface area contributed by atoms with E-state index in [4.69, 9.17) is 11.6 Å². The number of halogens is 1. The maximum absolute atomic E-state index is 5.97. The first kappa shape index (κ1) is 13.6. The minimum absolute atomic E-state index is 0.433. The summed E-state index contributed by atoms with van der Waals surface area (Å²) in [4.78, 5) is 2.51. The van der Waals surface area contributed by atoms with Crippen LogP contribution in [0.3, 0.4) is 0 Å². The van der Waals surface area contributed by atoms with Crippen molar-refractivity contribution >= 4 is 11.6 Å². The highest BCUT2D eigenvalue weighted by atomic mass is 35.5. The summed E-state index contributed by atoms with van der Waals surface area (Å²) in [5.41, 5.74) is 2.66. The van der Waals surface area contributed by atoms with Gasteiger partial charge in [-0.25, -0.2) is 0 Å². The van der Waals surface area contributed by atoms with E-state index in [0.717, 1.165) is 11.6 Å². The van der Waals surface area contributed by atoms with Crippen LogP contribution in [0.2, 0.25) is 5.02 Å². The summed E-state index contributed by atoms with van der Waals surface area (Å²) in [5.74, 6) is 0.953. The van der Waals surface area contributed by atoms with Crippen LogP contribution >= 0.6 is 11.6 Å². The second-order valence-corrected chi connectivity index (χ2v) is 5.92. The SMILES string of the molecule is C=C(C(C)C)C(CN1CCC1)c1ccc(Cl)cc1. The molecule has 1 aliphatic heterocycles. The molecule has 1 aromatic rings. The molecule has 1 unspecified atom stereocenters. The normalized spacial score (nSPS) is 17.6. The Balaban J connectivity index is 2.17. The van der Waals surface area contributed by atoms with Gasteiger partial charge in [0.2, 0.25) is 0 Å². The predicted octanol–water partition coefficient (Wildman–Crippen LogP) is 4.34. The maximum atomic E-state index is 5.97. The summed E-state index contributed by atoms with van der Waals surface area (Å²) >= 11 is 5.97. The molecule has 1 heterocycles. The molecule has 1 fully saturated rings. The van der Waals surface area contributed by atoms with Gasteiger partial charge in [0, 0.05) is 17.5 Å². The smallest absolute Gasteiger partial charge is 0.0406 e. The Labute approximate surface area is 115 Å². The van der Waals surface area contributed by atoms with Crippen molar-refractivity contribution < 1.29 is 0 Å². The van der Waals surface area contributed by atoms with Crippen molar-refractivity contribution in [1.29, 1.82) is 0 Å². The van der Waals surface area contributed by atoms with Crippen LogP contribution in [0.1, 0.15) is 31.7 Å². The first-order chi connectivity index (χ1) is 8.58. The second-order valence-electron chi connectivity index (χ2n) is 5.49. The number of nitrogens with zero attached hydrogens (tertiary/aromatic N) is 1. The molecular weight excluding hydrogens is 242 g/mol. The van der Waals surface area contributed by atoms with Gasteiger partial charge in [-0.2, -0.15) is 0 Å². The van der Waals surface area contributed by atoms with E-state index in [1.54, 1.807) is 0 Å². The lowest BCUT2D eigenvalue weighted by atomic mass is 9.85. The van der Waals surface area contributed by atoms with Gasteiger partial charge < -0.3 is 4.90 Å². The van der Waals surface area contributed by atoms with Gasteiger partial charge in [0.25, 0.3) is 0 Å². The summed E-state index contributed by atoms with van der Waals surface area (Å²) in [6, 6.07) is 8.24. The van der Waals surface area contributed by atoms with Gasteiger partial charge in [-0.15, -0.1) is 0 Å². The topological polar surface area (TPSA) is 3.24 Å². The molecule has 1 saturated heterocycles. The Morgan fingerprint density at radius 1 is 1.28 bits per heavy atom. The third-order valence-electron chi connectivity index (χ3n) is 3.85. The van der Waals surface area contributed by atoms with Crippen LogP contribution in [-0.4, -0.2) is 24.5 Å². The summed E-state index contributed by atoms with van der Waals surface area (Å²) in [7, 11) is 0. The van der Waals surface area contributed by atoms with E-state index in [9.17, 15) is 0 Å². The fourth-order valence-electron chi connectivity index (χ4n) is 2.36. The monoisotopic (exact) mass is 263 g/mol. The first-order valence-corrected chi connectivity index (χ1v) is 7.12. The van der Waals surface area contributed by atoms with Gasteiger partial charge >= 0.3 is 0 Å². The average molecular weight is 264 g/mol. The summed E-state index contributed by atoms with van der Waals surface area (Å²) in [6.07, 6.45) is 1.33. The summed E-state index contributed by atoms with van der Waals surface area (Å²) in [5, 5.41) is 0.802. The van der Waals surface area contributed by atoms with Crippen molar-refractivity contribution in [2.45, 2.75) is 26.2 Å². The second kappa shape index (κ2) is 5.90. The van der Waals surface area contributed by atoms with Gasteiger partial charge in [0.05, 0.1) is 0 Å². The van der Waals surface area contributed by atoms with Crippen molar-refractivity contribution in [2.24, 2.45) is 5.92 Å². The zero-order valence-corrected chi connectivity index (χ0v) is 12.1. The zero-order valence-electron chi connectivity index (χ0n) is 11.3. The highest BCUT2D eigenvalue weighted by Crippen LogP contribution is 2.31. The Kier molecular flexibility index (Phi) is 4.47. The summed E-state index contributed by atoms with van der Waals surface area (Å²) < 4.78 is 0. The van der Waals surface area contributed by atoms with Crippen molar-refractivity contribution in [3.8, 4) is 0 Å². The molecule has 0 amide bonds. The van der Waals surface area contributed by atoms with Crippen LogP contribution in [0.25, 0.3) is 0 Å². The molecule has 1 aliphatic rings. The number of benzene rings is 1. The Bertz CT molecular complexity index is 404. The van der Waals surface area contributed by atoms with Crippen molar-refractivity contribution in [2.75, 3.05) is 19.6 Å². The molecule has 0 aromatic heterocycles. The van der Waals surface area contributed by atoms with E-state index in [-0.39, 0.29) is 0 Å². The molecule has 2 heteroatoms. The van der Waals surface area contributed by atoms with E-state index in [1.807, 2.05) is 12.1 Å². The highest BCUT2D eigenvalue weighted by Gasteiger charge is 2.23. The lowest BCUT2D eigenvalue weighted by Crippen LogP contribution is -2.40. The minimum atomic E-state index is 0.433. The van der Waals surface area contributed by atoms with Crippen molar-refractivity contribution in [3.05, 3.63) is 47.0 Å². The van der Waals surface area contributed by atoms with Gasteiger partial charge in [0.1, 0.15) is 0 Å². The molecule has 0 saturated carbocycles. The van der Waals surface area contributed by atoms with Gasteiger partial charge in [0.15, 0.2) is 0 Å². The van der Waals surface area contributed by atoms with E-state index in [2.05, 4.69) is 37.5 Å². The molecule has 1 atom stereocenters. The molecule has 18 heavy (non-hydrogen) atoms. The van der Waals surface area contributed by atoms with Crippen LogP contribution < -0.4 is 0 Å². The van der Waals surface area contributed by atoms with Crippen LogP contribution in [0, 0.1) is 5.92 Å². The Morgan fingerprint density at radius 3 is 2.33 bits per heavy atom. The van der Waals surface area contributed by atoms with Gasteiger partial charge in [-0.1, -0.05) is 49.7 Å². The molecule has 0 N–H and O–H groups in total. The number of hydrogen-bond acceptors (Lipinski definition) is 1. The number of rotatable bonds is 5. The number of likely N-dealkylation sites (tertiary alicyclic amines) is 1. The number of hydrogen-bond donors (Lipinski definition) is 0. The Hall–Kier alpha value is -0.790. The van der Waals surface area contributed by atoms with E-state index in [1.165, 1.54) is 30.6 Å². The standard InChI is InChI=1S/C16H22ClN/c1-12(2)13(3)16(11-18-9-4-10-18)14-5-7-15(17)8-6-14/h5-8,12,16H,3-4,9-11H2,1-2H3. The fourth-order valence-corrected chi connectivity index (χ4v) is 2.48. The molecule has 0 spiro atoms. The molecule has 2 rings (SSSR count). The van der Waals surface area contributed by atoms with Crippen LogP contribution in [-0.2, 0) is 0 Å². The third-order valence-corrected chi connectivity index (χ3v) is 4.10. The molecule has 0 bridgehead atoms. The van der Waals surface area contributed by atoms with E-state index >= 15 is 0 Å². The lowest BCUT2D eigenvalue weighted by Gasteiger charge is -2.35. The van der Waals surface area contributed by atoms with Crippen molar-refractivity contribution in [3.63, 3.8) is 0 Å². The minimum Gasteiger partial charge on any atom is -0.302 e. The first-order valence-electron chi connectivity index (χ1n) is 6.74.